The van der Waals surface area contributed by atoms with Crippen LogP contribution in [0.3, 0.4) is 0 Å². The monoisotopic (exact) mass is 759 g/mol. The summed E-state index contributed by atoms with van der Waals surface area (Å²) < 4.78 is 60.5. The molecule has 0 radical (unpaired) electrons. The third kappa shape index (κ3) is 10.4. The van der Waals surface area contributed by atoms with E-state index in [0.717, 1.165) is 5.75 Å². The third-order valence-electron chi connectivity index (χ3n) is 6.25. The van der Waals surface area contributed by atoms with E-state index < -0.39 is 60.0 Å². The Hall–Kier alpha value is -2.09. The van der Waals surface area contributed by atoms with Crippen molar-refractivity contribution in [3.05, 3.63) is 52.1 Å². The number of carbonyl (C=O) groups excluding carboxylic acids is 1. The lowest BCUT2D eigenvalue weighted by atomic mass is 10.0. The fourth-order valence-electron chi connectivity index (χ4n) is 4.34. The second-order valence-corrected chi connectivity index (χ2v) is 17.6. The normalized spacial score (nSPS) is 21.8. The van der Waals surface area contributed by atoms with E-state index in [9.17, 15) is 33.1 Å². The maximum Gasteiger partial charge on any atom is 0.490 e. The average Bonchev–Trinajstić information content (AvgIpc) is 3.53. The zero-order chi connectivity index (χ0) is 34.7. The zero-order valence-corrected chi connectivity index (χ0v) is 29.2. The van der Waals surface area contributed by atoms with Gasteiger partial charge in [-0.3, -0.25) is 18.9 Å². The summed E-state index contributed by atoms with van der Waals surface area (Å²) >= 11 is 0. The molecule has 1 aromatic carbocycles. The molecule has 0 spiro atoms. The second-order valence-electron chi connectivity index (χ2n) is 10.5. The number of benzene rings is 1. The molecule has 4 unspecified atom stereocenters. The Morgan fingerprint density at radius 3 is 2.53 bits per heavy atom. The fourth-order valence-corrected chi connectivity index (χ4v) is 10.2. The molecule has 0 aliphatic carbocycles. The molecule has 3 aromatic rings. The summed E-state index contributed by atoms with van der Waals surface area (Å²) in [6, 6.07) is 6.81. The van der Waals surface area contributed by atoms with Gasteiger partial charge in [0.1, 0.15) is 18.4 Å². The molecule has 6 atom stereocenters. The number of anilines is 1. The molecule has 4 rings (SSSR count). The summed E-state index contributed by atoms with van der Waals surface area (Å²) in [5.74, 6) is 0.391. The highest BCUT2D eigenvalue weighted by Gasteiger charge is 2.44. The first-order valence-corrected chi connectivity index (χ1v) is 20.5. The number of H-pyrrole nitrogens is 1. The molecule has 24 heteroatoms. The number of nitrogens with one attached hydrogen (secondary N) is 1. The lowest BCUT2D eigenvalue weighted by molar-refractivity contribution is -0.0490. The highest BCUT2D eigenvalue weighted by Crippen LogP contribution is 2.66. The largest absolute Gasteiger partial charge is 0.490 e. The molecule has 1 aliphatic heterocycles. The van der Waals surface area contributed by atoms with E-state index in [4.69, 9.17) is 29.5 Å². The van der Waals surface area contributed by atoms with Crippen molar-refractivity contribution in [2.75, 3.05) is 18.1 Å². The summed E-state index contributed by atoms with van der Waals surface area (Å²) in [6.45, 7) is 5.22. The quantitative estimate of drug-likeness (QED) is 0.0732. The molecule has 19 nitrogen and oxygen atoms in total. The number of rotatable bonds is 15. The molecule has 260 valence electrons. The van der Waals surface area contributed by atoms with E-state index in [1.54, 1.807) is 45.9 Å². The summed E-state index contributed by atoms with van der Waals surface area (Å²) in [6.07, 6.45) is -2.47. The standard InChI is InChI=1S/C23H32N5O14P3S2/c1-12(2)10-46-47-13(3)14-6-4-5-7-15(14)22(30)40-16-8-18(28-11-25-19-20(28)26-23(24)27-21(19)29)39-17(16)9-38-44(34,35)42-45(36,37)41-43(31,32)33/h4-7,11-13,16-18H,8-10H2,1-3H3,(H,34,35)(H,36,37)(H2,31,32,33)(H3,24,26,27,29)/t13?,16-,17?,18-/m1/s1. The van der Waals surface area contributed by atoms with Gasteiger partial charge in [0.15, 0.2) is 11.2 Å². The number of aromatic amines is 1. The van der Waals surface area contributed by atoms with Crippen molar-refractivity contribution in [2.24, 2.45) is 5.92 Å². The van der Waals surface area contributed by atoms with Gasteiger partial charge in [0.25, 0.3) is 5.56 Å². The van der Waals surface area contributed by atoms with Gasteiger partial charge in [0, 0.05) is 17.4 Å². The van der Waals surface area contributed by atoms with Crippen LogP contribution in [0.4, 0.5) is 5.95 Å². The number of nitrogen functional groups attached to an aromatic ring is 1. The van der Waals surface area contributed by atoms with Gasteiger partial charge in [-0.2, -0.15) is 13.6 Å². The lowest BCUT2D eigenvalue weighted by Crippen LogP contribution is -2.31. The maximum atomic E-state index is 13.6. The SMILES string of the molecule is CC(C)CSSC(C)c1ccccc1C(=O)O[C@@H]1C[C@H](n2cnc3c(=O)[nH]c(N)nc32)OC1COP(=O)(O)OP(=O)(O)OP(=O)(O)O. The highest BCUT2D eigenvalue weighted by molar-refractivity contribution is 8.76. The molecule has 0 amide bonds. The van der Waals surface area contributed by atoms with Crippen LogP contribution in [0.2, 0.25) is 0 Å². The molecule has 1 saturated heterocycles. The Labute approximate surface area is 274 Å². The maximum absolute atomic E-state index is 13.6. The first kappa shape index (κ1) is 37.7. The molecule has 1 aliphatic rings. The van der Waals surface area contributed by atoms with Gasteiger partial charge in [0.05, 0.1) is 18.5 Å². The number of phosphoric ester groups is 1. The topological polar surface area (TPSA) is 285 Å². The number of phosphoric acid groups is 3. The highest BCUT2D eigenvalue weighted by atomic mass is 33.1. The smallest absolute Gasteiger partial charge is 0.456 e. The molecule has 1 fully saturated rings. The Morgan fingerprint density at radius 2 is 1.85 bits per heavy atom. The average molecular weight is 760 g/mol. The van der Waals surface area contributed by atoms with E-state index in [2.05, 4.69) is 37.4 Å². The van der Waals surface area contributed by atoms with Gasteiger partial charge >= 0.3 is 29.4 Å². The Bertz CT molecular complexity index is 1800. The van der Waals surface area contributed by atoms with Gasteiger partial charge in [0.2, 0.25) is 5.95 Å². The minimum Gasteiger partial charge on any atom is -0.456 e. The van der Waals surface area contributed by atoms with Gasteiger partial charge in [-0.25, -0.2) is 23.5 Å². The molecule has 0 bridgehead atoms. The molecule has 47 heavy (non-hydrogen) atoms. The molecular formula is C23H32N5O14P3S2. The number of aromatic nitrogens is 4. The van der Waals surface area contributed by atoms with Crippen molar-refractivity contribution >= 4 is 68.1 Å². The minimum atomic E-state index is -5.79. The van der Waals surface area contributed by atoms with E-state index in [1.165, 1.54) is 10.9 Å². The molecule has 2 aromatic heterocycles. The summed E-state index contributed by atoms with van der Waals surface area (Å²) in [7, 11) is -13.7. The molecule has 7 N–H and O–H groups in total. The van der Waals surface area contributed by atoms with Crippen LogP contribution in [-0.4, -0.2) is 69.6 Å². The lowest BCUT2D eigenvalue weighted by Gasteiger charge is -2.22. The minimum absolute atomic E-state index is 0.0185. The van der Waals surface area contributed by atoms with Crippen molar-refractivity contribution in [1.82, 2.24) is 19.5 Å². The van der Waals surface area contributed by atoms with Gasteiger partial charge < -0.3 is 34.8 Å². The summed E-state index contributed by atoms with van der Waals surface area (Å²) in [4.78, 5) is 73.3. The zero-order valence-electron chi connectivity index (χ0n) is 24.8. The van der Waals surface area contributed by atoms with E-state index in [-0.39, 0.29) is 34.3 Å². The molecule has 0 saturated carbocycles. The number of hydrogen-bond acceptors (Lipinski definition) is 15. The Kier molecular flexibility index (Phi) is 12.2. The van der Waals surface area contributed by atoms with Crippen molar-refractivity contribution in [1.29, 1.82) is 0 Å². The van der Waals surface area contributed by atoms with Gasteiger partial charge in [-0.15, -0.1) is 0 Å². The number of nitrogens with zero attached hydrogens (tertiary/aromatic N) is 3. The number of ether oxygens (including phenoxy) is 2. The van der Waals surface area contributed by atoms with E-state index in [0.29, 0.717) is 11.5 Å². The van der Waals surface area contributed by atoms with Crippen LogP contribution in [0.1, 0.15) is 54.6 Å². The van der Waals surface area contributed by atoms with Crippen LogP contribution >= 0.6 is 45.1 Å². The van der Waals surface area contributed by atoms with Crippen molar-refractivity contribution in [3.8, 4) is 0 Å². The number of fused-ring (bicyclic) bond motifs is 1. The van der Waals surface area contributed by atoms with Crippen LogP contribution in [-0.2, 0) is 36.3 Å². The van der Waals surface area contributed by atoms with Crippen LogP contribution < -0.4 is 11.3 Å². The summed E-state index contributed by atoms with van der Waals surface area (Å²) in [5.41, 5.74) is 5.94. The predicted octanol–water partition coefficient (Wildman–Crippen LogP) is 3.66. The van der Waals surface area contributed by atoms with Gasteiger partial charge in [-0.1, -0.05) is 53.6 Å². The second kappa shape index (κ2) is 15.2. The van der Waals surface area contributed by atoms with Crippen LogP contribution in [0.5, 0.6) is 0 Å². The fraction of sp³-hybridized carbons (Fsp3) is 0.478. The molecule has 3 heterocycles. The first-order chi connectivity index (χ1) is 21.8. The Balaban J connectivity index is 1.58. The van der Waals surface area contributed by atoms with Crippen molar-refractivity contribution in [3.63, 3.8) is 0 Å². The van der Waals surface area contributed by atoms with Crippen LogP contribution in [0.25, 0.3) is 11.2 Å². The Morgan fingerprint density at radius 1 is 1.15 bits per heavy atom. The van der Waals surface area contributed by atoms with E-state index in [1.807, 2.05) is 6.92 Å². The number of nitrogens with two attached hydrogens (primary N) is 1. The first-order valence-electron chi connectivity index (χ1n) is 13.6. The van der Waals surface area contributed by atoms with Crippen molar-refractivity contribution < 1.29 is 60.7 Å². The number of carbonyl (C=O) groups is 1. The van der Waals surface area contributed by atoms with Gasteiger partial charge in [-0.05, 0) is 24.5 Å². The van der Waals surface area contributed by atoms with Crippen LogP contribution in [0, 0.1) is 5.92 Å². The summed E-state index contributed by atoms with van der Waals surface area (Å²) in [5, 5.41) is -0.108. The third-order valence-corrected chi connectivity index (χ3v) is 13.2. The predicted molar refractivity (Wildman–Crippen MR) is 170 cm³/mol. The number of hydrogen-bond donors (Lipinski definition) is 6. The van der Waals surface area contributed by atoms with Crippen LogP contribution in [0.15, 0.2) is 35.4 Å². The van der Waals surface area contributed by atoms with Crippen molar-refractivity contribution in [2.45, 2.75) is 50.9 Å². The number of imidazole rings is 1. The van der Waals surface area contributed by atoms with E-state index >= 15 is 0 Å². The number of esters is 1. The molecular weight excluding hydrogens is 727 g/mol.